The highest BCUT2D eigenvalue weighted by molar-refractivity contribution is 5.77. The largest absolute Gasteiger partial charge is 0.485 e. The molecule has 2 aromatic carbocycles. The number of aromatic nitrogens is 3. The van der Waals surface area contributed by atoms with Gasteiger partial charge in [-0.1, -0.05) is 35.5 Å². The number of hydrogen-bond acceptors (Lipinski definition) is 4. The van der Waals surface area contributed by atoms with Crippen molar-refractivity contribution in [3.8, 4) is 17.0 Å². The second kappa shape index (κ2) is 5.98. The van der Waals surface area contributed by atoms with Crippen molar-refractivity contribution in [2.45, 2.75) is 6.61 Å². The molecule has 6 nitrogen and oxygen atoms in total. The van der Waals surface area contributed by atoms with E-state index in [-0.39, 0.29) is 12.3 Å². The Hall–Kier alpha value is -3.28. The molecule has 0 unspecified atom stereocenters. The van der Waals surface area contributed by atoms with Crippen molar-refractivity contribution >= 4 is 11.0 Å². The lowest BCUT2D eigenvalue weighted by Gasteiger charge is -2.04. The van der Waals surface area contributed by atoms with E-state index in [1.807, 2.05) is 54.6 Å². The number of aryl methyl sites for hydroxylation is 2. The highest BCUT2D eigenvalue weighted by Crippen LogP contribution is 2.22. The molecule has 126 valence electrons. The molecule has 2 aromatic heterocycles. The van der Waals surface area contributed by atoms with Crippen molar-refractivity contribution in [3.05, 3.63) is 70.8 Å². The fraction of sp³-hybridized carbons (Fsp3) is 0.158. The van der Waals surface area contributed by atoms with Crippen LogP contribution in [0.3, 0.4) is 0 Å². The van der Waals surface area contributed by atoms with Gasteiger partial charge >= 0.3 is 5.69 Å². The van der Waals surface area contributed by atoms with Gasteiger partial charge in [0.15, 0.2) is 5.76 Å². The first-order valence-electron chi connectivity index (χ1n) is 7.93. The van der Waals surface area contributed by atoms with Crippen LogP contribution in [-0.2, 0) is 20.7 Å². The minimum Gasteiger partial charge on any atom is -0.485 e. The molecule has 0 saturated heterocycles. The van der Waals surface area contributed by atoms with Gasteiger partial charge in [0.05, 0.1) is 11.0 Å². The fourth-order valence-electron chi connectivity index (χ4n) is 2.86. The number of ether oxygens (including phenoxy) is 1. The van der Waals surface area contributed by atoms with Gasteiger partial charge in [-0.2, -0.15) is 0 Å². The molecular formula is C19H17N3O3. The highest BCUT2D eigenvalue weighted by Gasteiger charge is 2.10. The Morgan fingerprint density at radius 3 is 2.56 bits per heavy atom. The Morgan fingerprint density at radius 2 is 1.76 bits per heavy atom. The standard InChI is InChI=1S/C19H17N3O3/c1-21-17-9-8-14(11-18(17)22(2)19(21)23)24-12-15-10-16(20-25-15)13-6-4-3-5-7-13/h3-11H,12H2,1-2H3. The predicted octanol–water partition coefficient (Wildman–Crippen LogP) is 3.11. The van der Waals surface area contributed by atoms with Gasteiger partial charge in [-0.15, -0.1) is 0 Å². The van der Waals surface area contributed by atoms with E-state index in [2.05, 4.69) is 5.16 Å². The maximum Gasteiger partial charge on any atom is 0.328 e. The van der Waals surface area contributed by atoms with E-state index in [9.17, 15) is 4.79 Å². The zero-order chi connectivity index (χ0) is 17.4. The molecule has 0 aliphatic carbocycles. The third-order valence-electron chi connectivity index (χ3n) is 4.25. The van der Waals surface area contributed by atoms with Crippen LogP contribution in [0.1, 0.15) is 5.76 Å². The van der Waals surface area contributed by atoms with E-state index in [1.165, 1.54) is 0 Å². The van der Waals surface area contributed by atoms with Gasteiger partial charge < -0.3 is 9.26 Å². The van der Waals surface area contributed by atoms with Crippen LogP contribution < -0.4 is 10.4 Å². The number of fused-ring (bicyclic) bond motifs is 1. The number of benzene rings is 2. The molecule has 6 heteroatoms. The second-order valence-corrected chi connectivity index (χ2v) is 5.88. The number of hydrogen-bond donors (Lipinski definition) is 0. The molecule has 25 heavy (non-hydrogen) atoms. The van der Waals surface area contributed by atoms with Crippen LogP contribution in [-0.4, -0.2) is 14.3 Å². The van der Waals surface area contributed by atoms with Gasteiger partial charge in [-0.05, 0) is 12.1 Å². The summed E-state index contributed by atoms with van der Waals surface area (Å²) in [7, 11) is 3.50. The average Bonchev–Trinajstić information content (AvgIpc) is 3.21. The van der Waals surface area contributed by atoms with Crippen LogP contribution in [0, 0.1) is 0 Å². The third kappa shape index (κ3) is 2.71. The lowest BCUT2D eigenvalue weighted by molar-refractivity contribution is 0.250. The van der Waals surface area contributed by atoms with Crippen LogP contribution in [0.25, 0.3) is 22.3 Å². The Bertz CT molecular complexity index is 1090. The van der Waals surface area contributed by atoms with Gasteiger partial charge in [-0.3, -0.25) is 9.13 Å². The maximum atomic E-state index is 12.0. The van der Waals surface area contributed by atoms with Crippen LogP contribution in [0.15, 0.2) is 63.9 Å². The first kappa shape index (κ1) is 15.3. The molecule has 0 saturated carbocycles. The molecule has 0 aliphatic heterocycles. The zero-order valence-electron chi connectivity index (χ0n) is 14.0. The summed E-state index contributed by atoms with van der Waals surface area (Å²) in [5.74, 6) is 1.31. The van der Waals surface area contributed by atoms with E-state index < -0.39 is 0 Å². The summed E-state index contributed by atoms with van der Waals surface area (Å²) in [5, 5.41) is 4.07. The molecule has 0 aliphatic rings. The minimum atomic E-state index is -0.0603. The summed E-state index contributed by atoms with van der Waals surface area (Å²) in [6, 6.07) is 17.3. The lowest BCUT2D eigenvalue weighted by atomic mass is 10.1. The lowest BCUT2D eigenvalue weighted by Crippen LogP contribution is -2.19. The van der Waals surface area contributed by atoms with E-state index in [1.54, 1.807) is 23.2 Å². The molecule has 0 amide bonds. The normalized spacial score (nSPS) is 11.1. The zero-order valence-corrected chi connectivity index (χ0v) is 14.0. The van der Waals surface area contributed by atoms with Crippen LogP contribution in [0.4, 0.5) is 0 Å². The SMILES string of the molecule is Cn1c(=O)n(C)c2cc(OCc3cc(-c4ccccc4)no3)ccc21. The number of rotatable bonds is 4. The molecule has 0 bridgehead atoms. The van der Waals surface area contributed by atoms with Crippen molar-refractivity contribution in [2.75, 3.05) is 0 Å². The summed E-state index contributed by atoms with van der Waals surface area (Å²) in [4.78, 5) is 12.0. The van der Waals surface area contributed by atoms with Crippen LogP contribution in [0.2, 0.25) is 0 Å². The predicted molar refractivity (Wildman–Crippen MR) is 94.4 cm³/mol. The molecule has 0 radical (unpaired) electrons. The summed E-state index contributed by atoms with van der Waals surface area (Å²) in [5.41, 5.74) is 3.41. The van der Waals surface area contributed by atoms with Gasteiger partial charge in [0.1, 0.15) is 18.1 Å². The van der Waals surface area contributed by atoms with Crippen molar-refractivity contribution < 1.29 is 9.26 Å². The van der Waals surface area contributed by atoms with Crippen molar-refractivity contribution in [2.24, 2.45) is 14.1 Å². The van der Waals surface area contributed by atoms with Gasteiger partial charge in [0, 0.05) is 31.8 Å². The Balaban J connectivity index is 1.54. The topological polar surface area (TPSA) is 62.2 Å². The molecule has 0 spiro atoms. The smallest absolute Gasteiger partial charge is 0.328 e. The molecule has 0 atom stereocenters. The average molecular weight is 335 g/mol. The molecule has 0 fully saturated rings. The fourth-order valence-corrected chi connectivity index (χ4v) is 2.86. The Morgan fingerprint density at radius 1 is 1.00 bits per heavy atom. The van der Waals surface area contributed by atoms with Crippen molar-refractivity contribution in [1.29, 1.82) is 0 Å². The van der Waals surface area contributed by atoms with Crippen LogP contribution >= 0.6 is 0 Å². The van der Waals surface area contributed by atoms with Gasteiger partial charge in [-0.25, -0.2) is 4.79 Å². The van der Waals surface area contributed by atoms with E-state index in [4.69, 9.17) is 9.26 Å². The van der Waals surface area contributed by atoms with Crippen molar-refractivity contribution in [3.63, 3.8) is 0 Å². The summed E-state index contributed by atoms with van der Waals surface area (Å²) >= 11 is 0. The second-order valence-electron chi connectivity index (χ2n) is 5.88. The first-order chi connectivity index (χ1) is 12.1. The molecule has 0 N–H and O–H groups in total. The summed E-state index contributed by atoms with van der Waals surface area (Å²) in [6.07, 6.45) is 0. The van der Waals surface area contributed by atoms with Crippen molar-refractivity contribution in [1.82, 2.24) is 14.3 Å². The molecule has 4 rings (SSSR count). The minimum absolute atomic E-state index is 0.0603. The first-order valence-corrected chi connectivity index (χ1v) is 7.93. The third-order valence-corrected chi connectivity index (χ3v) is 4.25. The van der Waals surface area contributed by atoms with Gasteiger partial charge in [0.2, 0.25) is 0 Å². The highest BCUT2D eigenvalue weighted by atomic mass is 16.5. The number of nitrogens with zero attached hydrogens (tertiary/aromatic N) is 3. The van der Waals surface area contributed by atoms with Gasteiger partial charge in [0.25, 0.3) is 0 Å². The van der Waals surface area contributed by atoms with E-state index in [0.717, 1.165) is 22.3 Å². The molecule has 2 heterocycles. The van der Waals surface area contributed by atoms with Crippen LogP contribution in [0.5, 0.6) is 5.75 Å². The quantitative estimate of drug-likeness (QED) is 0.575. The Kier molecular flexibility index (Phi) is 3.65. The van der Waals surface area contributed by atoms with E-state index in [0.29, 0.717) is 11.5 Å². The Labute approximate surface area is 143 Å². The number of imidazole rings is 1. The van der Waals surface area contributed by atoms with E-state index >= 15 is 0 Å². The molecule has 4 aromatic rings. The molecular weight excluding hydrogens is 318 g/mol. The maximum absolute atomic E-state index is 12.0. The monoisotopic (exact) mass is 335 g/mol. The summed E-state index contributed by atoms with van der Waals surface area (Å²) in [6.45, 7) is 0.270. The summed E-state index contributed by atoms with van der Waals surface area (Å²) < 4.78 is 14.4.